The van der Waals surface area contributed by atoms with Crippen molar-refractivity contribution in [3.05, 3.63) is 11.3 Å². The van der Waals surface area contributed by atoms with Crippen LogP contribution in [0, 0.1) is 0 Å². The molecule has 0 aliphatic rings. The predicted octanol–water partition coefficient (Wildman–Crippen LogP) is 2.76. The summed E-state index contributed by atoms with van der Waals surface area (Å²) < 4.78 is 0. The highest BCUT2D eigenvalue weighted by Gasteiger charge is 1.92. The predicted molar refractivity (Wildman–Crippen MR) is 47.5 cm³/mol. The van der Waals surface area contributed by atoms with Crippen molar-refractivity contribution >= 4 is 8.80 Å². The molecule has 0 aromatic rings. The van der Waals surface area contributed by atoms with E-state index in [-0.39, 0.29) is 0 Å². The number of hydrogen-bond acceptors (Lipinski definition) is 0. The number of rotatable bonds is 3. The Kier molecular flexibility index (Phi) is 4.78. The molecule has 0 unspecified atom stereocenters. The molecule has 0 amide bonds. The van der Waals surface area contributed by atoms with Gasteiger partial charge in [-0.05, 0) is 12.8 Å². The standard InChI is InChI=1S/C8H18Si/c1-5-8(6-2)7-9(3)4/h7,9H,5-6H2,1-4H3. The first-order chi connectivity index (χ1) is 4.20. The second-order valence-corrected chi connectivity index (χ2v) is 5.60. The zero-order valence-electron chi connectivity index (χ0n) is 7.07. The summed E-state index contributed by atoms with van der Waals surface area (Å²) in [4.78, 5) is 0. The van der Waals surface area contributed by atoms with Crippen LogP contribution in [0.15, 0.2) is 11.3 Å². The molecular weight excluding hydrogens is 124 g/mol. The molecule has 0 nitrogen and oxygen atoms in total. The van der Waals surface area contributed by atoms with Crippen LogP contribution in [0.1, 0.15) is 26.7 Å². The van der Waals surface area contributed by atoms with Crippen molar-refractivity contribution in [2.24, 2.45) is 0 Å². The van der Waals surface area contributed by atoms with Gasteiger partial charge in [-0.2, -0.15) is 0 Å². The maximum absolute atomic E-state index is 2.50. The molecule has 0 aromatic carbocycles. The monoisotopic (exact) mass is 142 g/mol. The van der Waals surface area contributed by atoms with Crippen LogP contribution in [0.25, 0.3) is 0 Å². The van der Waals surface area contributed by atoms with Crippen LogP contribution < -0.4 is 0 Å². The van der Waals surface area contributed by atoms with E-state index in [1.54, 1.807) is 5.57 Å². The van der Waals surface area contributed by atoms with E-state index in [2.05, 4.69) is 32.6 Å². The minimum Gasteiger partial charge on any atom is -0.0990 e. The third-order valence-electron chi connectivity index (χ3n) is 1.48. The average Bonchev–Trinajstić information content (AvgIpc) is 1.82. The van der Waals surface area contributed by atoms with E-state index >= 15 is 0 Å². The molecule has 0 rings (SSSR count). The Labute approximate surface area is 60.6 Å². The highest BCUT2D eigenvalue weighted by Crippen LogP contribution is 2.05. The van der Waals surface area contributed by atoms with Crippen LogP contribution in [0.2, 0.25) is 13.1 Å². The lowest BCUT2D eigenvalue weighted by Crippen LogP contribution is -1.95. The number of allylic oxidation sites excluding steroid dienone is 1. The Morgan fingerprint density at radius 3 is 1.78 bits per heavy atom. The second kappa shape index (κ2) is 4.80. The van der Waals surface area contributed by atoms with Crippen molar-refractivity contribution in [3.63, 3.8) is 0 Å². The maximum Gasteiger partial charge on any atom is 0.0553 e. The molecule has 0 bridgehead atoms. The largest absolute Gasteiger partial charge is 0.0990 e. The summed E-state index contributed by atoms with van der Waals surface area (Å²) in [6.45, 7) is 9.22. The normalized spacial score (nSPS) is 9.89. The first-order valence-corrected chi connectivity index (χ1v) is 6.87. The van der Waals surface area contributed by atoms with Gasteiger partial charge in [-0.15, -0.1) is 0 Å². The Hall–Kier alpha value is -0.0431. The van der Waals surface area contributed by atoms with Crippen LogP contribution >= 0.6 is 0 Å². The SMILES string of the molecule is CCC(=C[SiH](C)C)CC. The van der Waals surface area contributed by atoms with Crippen molar-refractivity contribution in [3.8, 4) is 0 Å². The zero-order valence-corrected chi connectivity index (χ0v) is 8.22. The van der Waals surface area contributed by atoms with Crippen LogP contribution in [0.4, 0.5) is 0 Å². The van der Waals surface area contributed by atoms with Gasteiger partial charge in [-0.3, -0.25) is 0 Å². The number of hydrogen-bond donors (Lipinski definition) is 0. The Bertz CT molecular complexity index is 86.7. The molecule has 0 spiro atoms. The van der Waals surface area contributed by atoms with Gasteiger partial charge in [0.05, 0.1) is 8.80 Å². The lowest BCUT2D eigenvalue weighted by Gasteiger charge is -2.00. The summed E-state index contributed by atoms with van der Waals surface area (Å²) >= 11 is 0. The highest BCUT2D eigenvalue weighted by molar-refractivity contribution is 6.61. The van der Waals surface area contributed by atoms with Gasteiger partial charge >= 0.3 is 0 Å². The van der Waals surface area contributed by atoms with E-state index in [4.69, 9.17) is 0 Å². The minimum atomic E-state index is -0.426. The van der Waals surface area contributed by atoms with Crippen molar-refractivity contribution in [2.75, 3.05) is 0 Å². The lowest BCUT2D eigenvalue weighted by molar-refractivity contribution is 0.981. The van der Waals surface area contributed by atoms with Gasteiger partial charge in [0.2, 0.25) is 0 Å². The van der Waals surface area contributed by atoms with Crippen LogP contribution in [-0.2, 0) is 0 Å². The summed E-state index contributed by atoms with van der Waals surface area (Å²) in [6.07, 6.45) is 2.50. The molecule has 0 radical (unpaired) electrons. The second-order valence-electron chi connectivity index (χ2n) is 2.78. The first-order valence-electron chi connectivity index (χ1n) is 3.90. The van der Waals surface area contributed by atoms with E-state index < -0.39 is 8.80 Å². The summed E-state index contributed by atoms with van der Waals surface area (Å²) in [6, 6.07) is 0. The van der Waals surface area contributed by atoms with Crippen LogP contribution in [0.3, 0.4) is 0 Å². The van der Waals surface area contributed by atoms with Gasteiger partial charge < -0.3 is 0 Å². The Morgan fingerprint density at radius 2 is 1.67 bits per heavy atom. The maximum atomic E-state index is 2.50. The molecule has 0 saturated heterocycles. The fourth-order valence-corrected chi connectivity index (χ4v) is 2.37. The third kappa shape index (κ3) is 4.46. The minimum absolute atomic E-state index is 0.426. The van der Waals surface area contributed by atoms with Gasteiger partial charge in [-0.25, -0.2) is 0 Å². The molecule has 0 N–H and O–H groups in total. The van der Waals surface area contributed by atoms with Gasteiger partial charge in [-0.1, -0.05) is 38.2 Å². The highest BCUT2D eigenvalue weighted by atomic mass is 28.3. The van der Waals surface area contributed by atoms with E-state index in [1.807, 2.05) is 0 Å². The summed E-state index contributed by atoms with van der Waals surface area (Å²) in [5.74, 6) is 0. The zero-order chi connectivity index (χ0) is 7.28. The molecule has 0 atom stereocenters. The fourth-order valence-electron chi connectivity index (χ4n) is 0.957. The van der Waals surface area contributed by atoms with E-state index in [1.165, 1.54) is 12.8 Å². The van der Waals surface area contributed by atoms with Crippen molar-refractivity contribution in [2.45, 2.75) is 39.8 Å². The summed E-state index contributed by atoms with van der Waals surface area (Å²) in [5.41, 5.74) is 4.15. The van der Waals surface area contributed by atoms with Crippen molar-refractivity contribution < 1.29 is 0 Å². The summed E-state index contributed by atoms with van der Waals surface area (Å²) in [7, 11) is -0.426. The first kappa shape index (κ1) is 8.96. The summed E-state index contributed by atoms with van der Waals surface area (Å²) in [5, 5.41) is 0. The smallest absolute Gasteiger partial charge is 0.0553 e. The topological polar surface area (TPSA) is 0 Å². The molecular formula is C8H18Si. The van der Waals surface area contributed by atoms with Gasteiger partial charge in [0.1, 0.15) is 0 Å². The molecule has 0 aromatic heterocycles. The van der Waals surface area contributed by atoms with E-state index in [0.717, 1.165) is 0 Å². The molecule has 9 heavy (non-hydrogen) atoms. The van der Waals surface area contributed by atoms with Gasteiger partial charge in [0.15, 0.2) is 0 Å². The van der Waals surface area contributed by atoms with Crippen LogP contribution in [0.5, 0.6) is 0 Å². The quantitative estimate of drug-likeness (QED) is 0.532. The molecule has 1 heteroatoms. The molecule has 0 aliphatic carbocycles. The molecule has 0 heterocycles. The Balaban J connectivity index is 3.75. The molecule has 0 saturated carbocycles. The van der Waals surface area contributed by atoms with Crippen molar-refractivity contribution in [1.82, 2.24) is 0 Å². The lowest BCUT2D eigenvalue weighted by atomic mass is 10.2. The van der Waals surface area contributed by atoms with Crippen molar-refractivity contribution in [1.29, 1.82) is 0 Å². The molecule has 54 valence electrons. The molecule has 0 fully saturated rings. The van der Waals surface area contributed by atoms with Gasteiger partial charge in [0.25, 0.3) is 0 Å². The van der Waals surface area contributed by atoms with Gasteiger partial charge in [0, 0.05) is 0 Å². The average molecular weight is 142 g/mol. The molecule has 0 aliphatic heterocycles. The van der Waals surface area contributed by atoms with E-state index in [9.17, 15) is 0 Å². The van der Waals surface area contributed by atoms with Crippen LogP contribution in [-0.4, -0.2) is 8.80 Å². The Morgan fingerprint density at radius 1 is 1.22 bits per heavy atom. The van der Waals surface area contributed by atoms with E-state index in [0.29, 0.717) is 0 Å². The fraction of sp³-hybridized carbons (Fsp3) is 0.750. The third-order valence-corrected chi connectivity index (χ3v) is 2.62.